The summed E-state index contributed by atoms with van der Waals surface area (Å²) in [4.78, 5) is 2.26. The molecule has 0 aliphatic rings. The lowest BCUT2D eigenvalue weighted by atomic mass is 10.0. The monoisotopic (exact) mass is 197 g/mol. The summed E-state index contributed by atoms with van der Waals surface area (Å²) in [6, 6.07) is 2.70. The fourth-order valence-corrected chi connectivity index (χ4v) is 1.64. The molecule has 1 unspecified atom stereocenters. The second-order valence-electron chi connectivity index (χ2n) is 4.20. The van der Waals surface area contributed by atoms with Crippen molar-refractivity contribution in [3.8, 4) is 6.07 Å². The predicted octanol–water partition coefficient (Wildman–Crippen LogP) is 1.61. The lowest BCUT2D eigenvalue weighted by Crippen LogP contribution is -2.52. The van der Waals surface area contributed by atoms with Crippen molar-refractivity contribution in [1.82, 2.24) is 10.2 Å². The average molecular weight is 197 g/mol. The van der Waals surface area contributed by atoms with Crippen LogP contribution in [0.25, 0.3) is 0 Å². The second-order valence-corrected chi connectivity index (χ2v) is 4.20. The normalized spacial score (nSPS) is 15.6. The Balaban J connectivity index is 4.32. The highest BCUT2D eigenvalue weighted by atomic mass is 15.2. The molecule has 1 N–H and O–H groups in total. The van der Waals surface area contributed by atoms with E-state index in [0.29, 0.717) is 6.04 Å². The molecule has 0 aliphatic carbocycles. The third-order valence-corrected chi connectivity index (χ3v) is 2.29. The Hall–Kier alpha value is -0.590. The molecule has 0 heterocycles. The van der Waals surface area contributed by atoms with Crippen LogP contribution in [0.3, 0.4) is 0 Å². The Bertz CT molecular complexity index is 191. The van der Waals surface area contributed by atoms with Gasteiger partial charge in [-0.05, 0) is 33.9 Å². The van der Waals surface area contributed by atoms with Crippen LogP contribution in [0.1, 0.15) is 34.6 Å². The molecule has 0 rings (SSSR count). The molecule has 0 saturated carbocycles. The van der Waals surface area contributed by atoms with Gasteiger partial charge in [-0.3, -0.25) is 5.32 Å². The molecule has 0 bridgehead atoms. The number of nitrogens with zero attached hydrogens (tertiary/aromatic N) is 2. The third-order valence-electron chi connectivity index (χ3n) is 2.29. The lowest BCUT2D eigenvalue weighted by Gasteiger charge is -2.31. The first kappa shape index (κ1) is 13.4. The maximum Gasteiger partial charge on any atom is 0.116 e. The second kappa shape index (κ2) is 6.00. The molecule has 14 heavy (non-hydrogen) atoms. The van der Waals surface area contributed by atoms with Gasteiger partial charge in [-0.25, -0.2) is 0 Å². The van der Waals surface area contributed by atoms with Crippen LogP contribution in [0.4, 0.5) is 0 Å². The molecule has 0 aromatic heterocycles. The summed E-state index contributed by atoms with van der Waals surface area (Å²) in [6.45, 7) is 13.1. The minimum atomic E-state index is -0.430. The van der Waals surface area contributed by atoms with Crippen LogP contribution in [-0.4, -0.2) is 36.1 Å². The Morgan fingerprint density at radius 1 is 1.36 bits per heavy atom. The summed E-state index contributed by atoms with van der Waals surface area (Å²) in [7, 11) is 0. The number of nitriles is 1. The largest absolute Gasteiger partial charge is 0.301 e. The van der Waals surface area contributed by atoms with Crippen LogP contribution in [0.15, 0.2) is 0 Å². The number of likely N-dealkylation sites (N-methyl/N-ethyl adjacent to an activating group) is 1. The van der Waals surface area contributed by atoms with Crippen LogP contribution >= 0.6 is 0 Å². The summed E-state index contributed by atoms with van der Waals surface area (Å²) in [6.07, 6.45) is 0. The summed E-state index contributed by atoms with van der Waals surface area (Å²) in [5.74, 6) is 0. The fraction of sp³-hybridized carbons (Fsp3) is 0.909. The average Bonchev–Trinajstić information content (AvgIpc) is 2.13. The molecule has 0 saturated heterocycles. The molecule has 0 aromatic rings. The van der Waals surface area contributed by atoms with Gasteiger partial charge in [0.1, 0.15) is 5.54 Å². The van der Waals surface area contributed by atoms with Gasteiger partial charge in [-0.1, -0.05) is 13.8 Å². The Morgan fingerprint density at radius 3 is 2.14 bits per heavy atom. The van der Waals surface area contributed by atoms with Crippen LogP contribution in [0.2, 0.25) is 0 Å². The molecular weight excluding hydrogens is 174 g/mol. The molecule has 82 valence electrons. The molecule has 1 atom stereocenters. The summed E-state index contributed by atoms with van der Waals surface area (Å²) < 4.78 is 0. The number of hydrogen-bond acceptors (Lipinski definition) is 3. The highest BCUT2D eigenvalue weighted by Crippen LogP contribution is 2.06. The highest BCUT2D eigenvalue weighted by Gasteiger charge is 2.26. The molecule has 0 spiro atoms. The molecule has 0 radical (unpaired) electrons. The SMILES string of the molecule is CCN(CC)CC(C)(C#N)NC(C)C. The van der Waals surface area contributed by atoms with Crippen LogP contribution in [0, 0.1) is 11.3 Å². The van der Waals surface area contributed by atoms with Crippen molar-refractivity contribution >= 4 is 0 Å². The van der Waals surface area contributed by atoms with E-state index in [-0.39, 0.29) is 0 Å². The molecule has 0 amide bonds. The van der Waals surface area contributed by atoms with E-state index in [1.807, 2.05) is 6.92 Å². The van der Waals surface area contributed by atoms with Crippen LogP contribution in [-0.2, 0) is 0 Å². The molecule has 3 nitrogen and oxygen atoms in total. The van der Waals surface area contributed by atoms with E-state index in [1.165, 1.54) is 0 Å². The standard InChI is InChI=1S/C11H23N3/c1-6-14(7-2)9-11(5,8-12)13-10(3)4/h10,13H,6-7,9H2,1-5H3. The van der Waals surface area contributed by atoms with E-state index in [4.69, 9.17) is 5.26 Å². The van der Waals surface area contributed by atoms with Crippen LogP contribution in [0.5, 0.6) is 0 Å². The van der Waals surface area contributed by atoms with Gasteiger partial charge in [0.05, 0.1) is 6.07 Å². The molecule has 0 fully saturated rings. The van der Waals surface area contributed by atoms with Crippen molar-refractivity contribution in [2.45, 2.75) is 46.2 Å². The van der Waals surface area contributed by atoms with Crippen molar-refractivity contribution < 1.29 is 0 Å². The van der Waals surface area contributed by atoms with Crippen molar-refractivity contribution in [2.75, 3.05) is 19.6 Å². The molecule has 0 aromatic carbocycles. The summed E-state index contributed by atoms with van der Waals surface area (Å²) in [5, 5.41) is 12.4. The van der Waals surface area contributed by atoms with Crippen molar-refractivity contribution in [3.63, 3.8) is 0 Å². The van der Waals surface area contributed by atoms with Gasteiger partial charge in [-0.15, -0.1) is 0 Å². The molecular formula is C11H23N3. The van der Waals surface area contributed by atoms with E-state index >= 15 is 0 Å². The Kier molecular flexibility index (Phi) is 5.75. The summed E-state index contributed by atoms with van der Waals surface area (Å²) in [5.41, 5.74) is -0.430. The first-order valence-corrected chi connectivity index (χ1v) is 5.38. The lowest BCUT2D eigenvalue weighted by molar-refractivity contribution is 0.231. The van der Waals surface area contributed by atoms with Crippen molar-refractivity contribution in [3.05, 3.63) is 0 Å². The van der Waals surface area contributed by atoms with Crippen LogP contribution < -0.4 is 5.32 Å². The number of nitrogens with one attached hydrogen (secondary N) is 1. The van der Waals surface area contributed by atoms with Gasteiger partial charge in [0.2, 0.25) is 0 Å². The van der Waals surface area contributed by atoms with E-state index in [0.717, 1.165) is 19.6 Å². The van der Waals surface area contributed by atoms with Gasteiger partial charge >= 0.3 is 0 Å². The van der Waals surface area contributed by atoms with Gasteiger partial charge in [0, 0.05) is 12.6 Å². The first-order valence-electron chi connectivity index (χ1n) is 5.38. The zero-order chi connectivity index (χ0) is 11.2. The number of rotatable bonds is 6. The van der Waals surface area contributed by atoms with Gasteiger partial charge in [0.15, 0.2) is 0 Å². The van der Waals surface area contributed by atoms with E-state index in [1.54, 1.807) is 0 Å². The summed E-state index contributed by atoms with van der Waals surface area (Å²) >= 11 is 0. The first-order chi connectivity index (χ1) is 6.47. The van der Waals surface area contributed by atoms with E-state index in [9.17, 15) is 0 Å². The minimum absolute atomic E-state index is 0.343. The van der Waals surface area contributed by atoms with Crippen molar-refractivity contribution in [2.24, 2.45) is 0 Å². The topological polar surface area (TPSA) is 39.1 Å². The van der Waals surface area contributed by atoms with E-state index in [2.05, 4.69) is 44.0 Å². The minimum Gasteiger partial charge on any atom is -0.301 e. The smallest absolute Gasteiger partial charge is 0.116 e. The number of hydrogen-bond donors (Lipinski definition) is 1. The van der Waals surface area contributed by atoms with Gasteiger partial charge in [0.25, 0.3) is 0 Å². The zero-order valence-electron chi connectivity index (χ0n) is 10.1. The Morgan fingerprint density at radius 2 is 1.86 bits per heavy atom. The fourth-order valence-electron chi connectivity index (χ4n) is 1.64. The van der Waals surface area contributed by atoms with Gasteiger partial charge in [-0.2, -0.15) is 5.26 Å². The Labute approximate surface area is 88.1 Å². The van der Waals surface area contributed by atoms with E-state index < -0.39 is 5.54 Å². The zero-order valence-corrected chi connectivity index (χ0v) is 10.1. The third kappa shape index (κ3) is 4.59. The molecule has 0 aliphatic heterocycles. The quantitative estimate of drug-likeness (QED) is 0.703. The predicted molar refractivity (Wildman–Crippen MR) is 60.1 cm³/mol. The maximum absolute atomic E-state index is 9.13. The highest BCUT2D eigenvalue weighted by molar-refractivity contribution is 5.06. The van der Waals surface area contributed by atoms with Gasteiger partial charge < -0.3 is 4.90 Å². The van der Waals surface area contributed by atoms with Crippen molar-refractivity contribution in [1.29, 1.82) is 5.26 Å². The molecule has 3 heteroatoms. The maximum atomic E-state index is 9.13.